The summed E-state index contributed by atoms with van der Waals surface area (Å²) in [6.07, 6.45) is 2.60. The standard InChI is InChI=1S/C16H23ClN2O3S2/c1-18(24(2,21)22)15-7-9-19(10-8-15)16(20)12-23-11-13-3-5-14(17)6-4-13/h3-6,15H,7-12H2,1-2H3. The van der Waals surface area contributed by atoms with Gasteiger partial charge in [-0.3, -0.25) is 4.79 Å². The number of halogens is 1. The molecule has 5 nitrogen and oxygen atoms in total. The van der Waals surface area contributed by atoms with Gasteiger partial charge in [0.15, 0.2) is 0 Å². The smallest absolute Gasteiger partial charge is 0.232 e. The summed E-state index contributed by atoms with van der Waals surface area (Å²) in [5, 5.41) is 0.710. The molecule has 1 heterocycles. The fraction of sp³-hybridized carbons (Fsp3) is 0.562. The Morgan fingerprint density at radius 2 is 1.88 bits per heavy atom. The lowest BCUT2D eigenvalue weighted by molar-refractivity contribution is -0.129. The van der Waals surface area contributed by atoms with E-state index >= 15 is 0 Å². The molecule has 1 saturated heterocycles. The third-order valence-corrected chi connectivity index (χ3v) is 6.85. The van der Waals surface area contributed by atoms with Crippen LogP contribution in [0.2, 0.25) is 5.02 Å². The number of benzene rings is 1. The number of carbonyl (C=O) groups excluding carboxylic acids is 1. The summed E-state index contributed by atoms with van der Waals surface area (Å²) in [5.41, 5.74) is 1.14. The van der Waals surface area contributed by atoms with Crippen LogP contribution in [0, 0.1) is 0 Å². The van der Waals surface area contributed by atoms with Gasteiger partial charge in [-0.25, -0.2) is 12.7 Å². The number of piperidine rings is 1. The van der Waals surface area contributed by atoms with E-state index in [1.54, 1.807) is 18.8 Å². The molecule has 0 saturated carbocycles. The van der Waals surface area contributed by atoms with Crippen LogP contribution in [0.15, 0.2) is 24.3 Å². The second-order valence-electron chi connectivity index (χ2n) is 6.01. The van der Waals surface area contributed by atoms with Crippen molar-refractivity contribution in [1.29, 1.82) is 0 Å². The molecule has 1 aliphatic heterocycles. The highest BCUT2D eigenvalue weighted by Gasteiger charge is 2.28. The Bertz CT molecular complexity index is 656. The molecular weight excluding hydrogens is 368 g/mol. The van der Waals surface area contributed by atoms with E-state index in [1.807, 2.05) is 29.2 Å². The van der Waals surface area contributed by atoms with E-state index in [0.717, 1.165) is 11.3 Å². The maximum Gasteiger partial charge on any atom is 0.232 e. The van der Waals surface area contributed by atoms with Gasteiger partial charge in [-0.15, -0.1) is 11.8 Å². The molecule has 134 valence electrons. The highest BCUT2D eigenvalue weighted by atomic mass is 35.5. The Balaban J connectivity index is 1.74. The van der Waals surface area contributed by atoms with Crippen LogP contribution in [0.25, 0.3) is 0 Å². The van der Waals surface area contributed by atoms with E-state index in [1.165, 1.54) is 10.6 Å². The zero-order valence-corrected chi connectivity index (χ0v) is 16.3. The van der Waals surface area contributed by atoms with Gasteiger partial charge in [0.2, 0.25) is 15.9 Å². The second-order valence-corrected chi connectivity index (χ2v) is 9.47. The molecule has 1 aromatic rings. The zero-order chi connectivity index (χ0) is 17.7. The number of amides is 1. The van der Waals surface area contributed by atoms with Crippen LogP contribution in [-0.2, 0) is 20.6 Å². The molecule has 0 bridgehead atoms. The summed E-state index contributed by atoms with van der Waals surface area (Å²) in [5.74, 6) is 1.33. The SMILES string of the molecule is CN(C1CCN(C(=O)CSCc2ccc(Cl)cc2)CC1)S(C)(=O)=O. The van der Waals surface area contributed by atoms with E-state index in [2.05, 4.69) is 0 Å². The molecule has 0 radical (unpaired) electrons. The largest absolute Gasteiger partial charge is 0.342 e. The van der Waals surface area contributed by atoms with Crippen molar-refractivity contribution in [3.8, 4) is 0 Å². The minimum Gasteiger partial charge on any atom is -0.342 e. The fourth-order valence-electron chi connectivity index (χ4n) is 2.68. The van der Waals surface area contributed by atoms with Crippen LogP contribution in [0.4, 0.5) is 0 Å². The number of nitrogens with zero attached hydrogens (tertiary/aromatic N) is 2. The molecule has 0 spiro atoms. The van der Waals surface area contributed by atoms with E-state index < -0.39 is 10.0 Å². The van der Waals surface area contributed by atoms with Gasteiger partial charge in [0.1, 0.15) is 0 Å². The average molecular weight is 391 g/mol. The van der Waals surface area contributed by atoms with Crippen molar-refractivity contribution in [1.82, 2.24) is 9.21 Å². The monoisotopic (exact) mass is 390 g/mol. The Labute approximate surface area is 153 Å². The summed E-state index contributed by atoms with van der Waals surface area (Å²) in [7, 11) is -1.56. The molecule has 1 amide bonds. The molecule has 0 aliphatic carbocycles. The lowest BCUT2D eigenvalue weighted by Crippen LogP contribution is -2.47. The highest BCUT2D eigenvalue weighted by molar-refractivity contribution is 7.99. The molecule has 0 aromatic heterocycles. The van der Waals surface area contributed by atoms with Crippen LogP contribution in [0.3, 0.4) is 0 Å². The predicted molar refractivity (Wildman–Crippen MR) is 99.8 cm³/mol. The van der Waals surface area contributed by atoms with Gasteiger partial charge < -0.3 is 4.90 Å². The molecule has 1 fully saturated rings. The molecular formula is C16H23ClN2O3S2. The van der Waals surface area contributed by atoms with Crippen LogP contribution in [0.1, 0.15) is 18.4 Å². The zero-order valence-electron chi connectivity index (χ0n) is 13.9. The lowest BCUT2D eigenvalue weighted by atomic mass is 10.1. The molecule has 1 aromatic carbocycles. The Morgan fingerprint density at radius 1 is 1.29 bits per heavy atom. The molecule has 24 heavy (non-hydrogen) atoms. The van der Waals surface area contributed by atoms with Gasteiger partial charge in [0, 0.05) is 37.0 Å². The van der Waals surface area contributed by atoms with Crippen molar-refractivity contribution in [2.45, 2.75) is 24.6 Å². The fourth-order valence-corrected chi connectivity index (χ4v) is 4.44. The molecule has 0 atom stereocenters. The average Bonchev–Trinajstić information content (AvgIpc) is 2.55. The number of hydrogen-bond donors (Lipinski definition) is 0. The Kier molecular flexibility index (Phi) is 6.98. The number of hydrogen-bond acceptors (Lipinski definition) is 4. The van der Waals surface area contributed by atoms with Gasteiger partial charge in [-0.1, -0.05) is 23.7 Å². The molecule has 8 heteroatoms. The first kappa shape index (κ1) is 19.6. The third-order valence-electron chi connectivity index (χ3n) is 4.26. The van der Waals surface area contributed by atoms with E-state index in [9.17, 15) is 13.2 Å². The highest BCUT2D eigenvalue weighted by Crippen LogP contribution is 2.20. The third kappa shape index (κ3) is 5.65. The maximum atomic E-state index is 12.3. The number of likely N-dealkylation sites (tertiary alicyclic amines) is 1. The number of carbonyl (C=O) groups is 1. The predicted octanol–water partition coefficient (Wildman–Crippen LogP) is 2.46. The van der Waals surface area contributed by atoms with E-state index in [4.69, 9.17) is 11.6 Å². The summed E-state index contributed by atoms with van der Waals surface area (Å²) >= 11 is 7.44. The van der Waals surface area contributed by atoms with Crippen molar-refractivity contribution >= 4 is 39.3 Å². The summed E-state index contributed by atoms with van der Waals surface area (Å²) < 4.78 is 24.6. The first-order chi connectivity index (χ1) is 11.3. The lowest BCUT2D eigenvalue weighted by Gasteiger charge is -2.35. The molecule has 2 rings (SSSR count). The van der Waals surface area contributed by atoms with Crippen LogP contribution in [0.5, 0.6) is 0 Å². The number of thioether (sulfide) groups is 1. The summed E-state index contributed by atoms with van der Waals surface area (Å²) in [6.45, 7) is 1.23. The van der Waals surface area contributed by atoms with E-state index in [-0.39, 0.29) is 11.9 Å². The topological polar surface area (TPSA) is 57.7 Å². The Hall–Kier alpha value is -0.760. The van der Waals surface area contributed by atoms with Crippen LogP contribution >= 0.6 is 23.4 Å². The summed E-state index contributed by atoms with van der Waals surface area (Å²) in [6, 6.07) is 7.62. The van der Waals surface area contributed by atoms with Gasteiger partial charge in [-0.2, -0.15) is 0 Å². The second kappa shape index (κ2) is 8.56. The molecule has 0 unspecified atom stereocenters. The van der Waals surface area contributed by atoms with Crippen LogP contribution in [-0.4, -0.2) is 61.7 Å². The minimum absolute atomic E-state index is 0.00855. The first-order valence-electron chi connectivity index (χ1n) is 7.80. The first-order valence-corrected chi connectivity index (χ1v) is 11.2. The number of rotatable bonds is 6. The molecule has 1 aliphatic rings. The minimum atomic E-state index is -3.17. The summed E-state index contributed by atoms with van der Waals surface area (Å²) in [4.78, 5) is 14.1. The van der Waals surface area contributed by atoms with Crippen molar-refractivity contribution in [2.24, 2.45) is 0 Å². The Morgan fingerprint density at radius 3 is 2.42 bits per heavy atom. The van der Waals surface area contributed by atoms with Gasteiger partial charge in [-0.05, 0) is 30.5 Å². The quantitative estimate of drug-likeness (QED) is 0.748. The van der Waals surface area contributed by atoms with Crippen molar-refractivity contribution in [3.63, 3.8) is 0 Å². The van der Waals surface area contributed by atoms with Gasteiger partial charge in [0.05, 0.1) is 12.0 Å². The van der Waals surface area contributed by atoms with Crippen molar-refractivity contribution in [3.05, 3.63) is 34.9 Å². The van der Waals surface area contributed by atoms with Crippen molar-refractivity contribution < 1.29 is 13.2 Å². The normalized spacial score (nSPS) is 16.6. The van der Waals surface area contributed by atoms with E-state index in [0.29, 0.717) is 36.7 Å². The van der Waals surface area contributed by atoms with Crippen LogP contribution < -0.4 is 0 Å². The number of sulfonamides is 1. The maximum absolute atomic E-state index is 12.3. The molecule has 0 N–H and O–H groups in total. The van der Waals surface area contributed by atoms with Crippen molar-refractivity contribution in [2.75, 3.05) is 32.1 Å². The van der Waals surface area contributed by atoms with Gasteiger partial charge >= 0.3 is 0 Å². The van der Waals surface area contributed by atoms with Gasteiger partial charge in [0.25, 0.3) is 0 Å².